The van der Waals surface area contributed by atoms with Crippen molar-refractivity contribution in [3.63, 3.8) is 0 Å². The van der Waals surface area contributed by atoms with Crippen LogP contribution in [0.3, 0.4) is 0 Å². The Bertz CT molecular complexity index is 296. The van der Waals surface area contributed by atoms with E-state index in [0.717, 1.165) is 19.6 Å². The number of nitrogens with one attached hydrogen (secondary N) is 2. The summed E-state index contributed by atoms with van der Waals surface area (Å²) in [6.45, 7) is 11.6. The van der Waals surface area contributed by atoms with Gasteiger partial charge in [-0.25, -0.2) is 0 Å². The van der Waals surface area contributed by atoms with E-state index in [-0.39, 0.29) is 5.54 Å². The molecule has 16 heavy (non-hydrogen) atoms. The molecule has 0 radical (unpaired) electrons. The zero-order chi connectivity index (χ0) is 12.0. The van der Waals surface area contributed by atoms with Crippen molar-refractivity contribution >= 4 is 0 Å². The second kappa shape index (κ2) is 6.02. The summed E-state index contributed by atoms with van der Waals surface area (Å²) in [4.78, 5) is 0. The molecule has 0 aromatic heterocycles. The van der Waals surface area contributed by atoms with Crippen LogP contribution >= 0.6 is 0 Å². The fourth-order valence-electron chi connectivity index (χ4n) is 1.41. The van der Waals surface area contributed by atoms with Gasteiger partial charge in [-0.05, 0) is 38.4 Å². The average Bonchev–Trinajstić information content (AvgIpc) is 2.24. The molecule has 0 aliphatic carbocycles. The molecule has 0 heterocycles. The first-order valence-electron chi connectivity index (χ1n) is 6.05. The molecule has 0 unspecified atom stereocenters. The predicted molar refractivity (Wildman–Crippen MR) is 70.4 cm³/mol. The van der Waals surface area contributed by atoms with Crippen LogP contribution in [0, 0.1) is 0 Å². The molecule has 1 aromatic carbocycles. The summed E-state index contributed by atoms with van der Waals surface area (Å²) in [5, 5.41) is 6.81. The maximum atomic E-state index is 3.49. The molecule has 1 aromatic rings. The highest BCUT2D eigenvalue weighted by Crippen LogP contribution is 2.06. The molecule has 0 saturated carbocycles. The maximum absolute atomic E-state index is 3.49. The van der Waals surface area contributed by atoms with Gasteiger partial charge in [0, 0.05) is 18.6 Å². The van der Waals surface area contributed by atoms with E-state index in [9.17, 15) is 0 Å². The minimum atomic E-state index is 0.183. The lowest BCUT2D eigenvalue weighted by molar-refractivity contribution is 0.424. The Hall–Kier alpha value is -0.860. The minimum absolute atomic E-state index is 0.183. The van der Waals surface area contributed by atoms with E-state index < -0.39 is 0 Å². The third-order valence-corrected chi connectivity index (χ3v) is 2.42. The largest absolute Gasteiger partial charge is 0.313 e. The number of benzene rings is 1. The molecule has 0 spiro atoms. The molecule has 0 amide bonds. The van der Waals surface area contributed by atoms with Gasteiger partial charge < -0.3 is 10.6 Å². The van der Waals surface area contributed by atoms with Gasteiger partial charge in [-0.1, -0.05) is 31.2 Å². The van der Waals surface area contributed by atoms with Gasteiger partial charge in [0.05, 0.1) is 0 Å². The van der Waals surface area contributed by atoms with Gasteiger partial charge >= 0.3 is 0 Å². The molecular weight excluding hydrogens is 196 g/mol. The van der Waals surface area contributed by atoms with E-state index in [1.807, 2.05) is 0 Å². The molecule has 0 atom stereocenters. The van der Waals surface area contributed by atoms with Crippen molar-refractivity contribution in [3.05, 3.63) is 35.4 Å². The van der Waals surface area contributed by atoms with E-state index in [1.165, 1.54) is 11.1 Å². The molecule has 0 aliphatic rings. The summed E-state index contributed by atoms with van der Waals surface area (Å²) in [5.41, 5.74) is 2.87. The van der Waals surface area contributed by atoms with E-state index in [0.29, 0.717) is 0 Å². The number of hydrogen-bond donors (Lipinski definition) is 2. The first kappa shape index (κ1) is 13.2. The van der Waals surface area contributed by atoms with Crippen molar-refractivity contribution in [2.45, 2.75) is 46.3 Å². The van der Waals surface area contributed by atoms with Crippen LogP contribution in [0.15, 0.2) is 24.3 Å². The predicted octanol–water partition coefficient (Wildman–Crippen LogP) is 2.68. The Morgan fingerprint density at radius 1 is 0.938 bits per heavy atom. The van der Waals surface area contributed by atoms with Crippen LogP contribution in [0.2, 0.25) is 0 Å². The molecule has 0 saturated heterocycles. The summed E-state index contributed by atoms with van der Waals surface area (Å²) in [5.74, 6) is 0. The van der Waals surface area contributed by atoms with Crippen molar-refractivity contribution in [2.24, 2.45) is 0 Å². The number of hydrogen-bond acceptors (Lipinski definition) is 2. The molecule has 2 N–H and O–H groups in total. The first-order valence-corrected chi connectivity index (χ1v) is 6.05. The Labute approximate surface area is 99.5 Å². The molecule has 90 valence electrons. The molecule has 1 rings (SSSR count). The van der Waals surface area contributed by atoms with Gasteiger partial charge in [0.2, 0.25) is 0 Å². The summed E-state index contributed by atoms with van der Waals surface area (Å²) >= 11 is 0. The lowest BCUT2D eigenvalue weighted by Gasteiger charge is -2.20. The van der Waals surface area contributed by atoms with E-state index in [1.54, 1.807) is 0 Å². The Balaban J connectivity index is 2.45. The van der Waals surface area contributed by atoms with Crippen LogP contribution < -0.4 is 10.6 Å². The van der Waals surface area contributed by atoms with Crippen LogP contribution in [0.25, 0.3) is 0 Å². The van der Waals surface area contributed by atoms with Crippen LogP contribution in [-0.2, 0) is 13.1 Å². The molecule has 0 aliphatic heterocycles. The third kappa shape index (κ3) is 5.29. The third-order valence-electron chi connectivity index (χ3n) is 2.42. The van der Waals surface area contributed by atoms with Crippen molar-refractivity contribution in [3.8, 4) is 0 Å². The summed E-state index contributed by atoms with van der Waals surface area (Å²) in [6.07, 6.45) is 0. The standard InChI is InChI=1S/C14H24N2/c1-5-15-10-12-6-8-13(9-7-12)11-16-14(2,3)4/h6-9,15-16H,5,10-11H2,1-4H3. The van der Waals surface area contributed by atoms with Gasteiger partial charge in [-0.3, -0.25) is 0 Å². The topological polar surface area (TPSA) is 24.1 Å². The fraction of sp³-hybridized carbons (Fsp3) is 0.571. The first-order chi connectivity index (χ1) is 7.51. The highest BCUT2D eigenvalue weighted by molar-refractivity contribution is 5.22. The van der Waals surface area contributed by atoms with Gasteiger partial charge in [-0.2, -0.15) is 0 Å². The van der Waals surface area contributed by atoms with Gasteiger partial charge in [0.25, 0.3) is 0 Å². The second-order valence-electron chi connectivity index (χ2n) is 5.20. The lowest BCUT2D eigenvalue weighted by atomic mass is 10.1. The van der Waals surface area contributed by atoms with Gasteiger partial charge in [0.1, 0.15) is 0 Å². The van der Waals surface area contributed by atoms with Crippen molar-refractivity contribution in [1.29, 1.82) is 0 Å². The average molecular weight is 220 g/mol. The van der Waals surface area contributed by atoms with Crippen molar-refractivity contribution in [2.75, 3.05) is 6.54 Å². The normalized spacial score (nSPS) is 11.8. The Morgan fingerprint density at radius 3 is 1.88 bits per heavy atom. The quantitative estimate of drug-likeness (QED) is 0.797. The van der Waals surface area contributed by atoms with Crippen molar-refractivity contribution in [1.82, 2.24) is 10.6 Å². The van der Waals surface area contributed by atoms with Crippen molar-refractivity contribution < 1.29 is 0 Å². The zero-order valence-corrected chi connectivity index (χ0v) is 10.9. The molecule has 0 bridgehead atoms. The Morgan fingerprint density at radius 2 is 1.44 bits per heavy atom. The summed E-state index contributed by atoms with van der Waals surface area (Å²) in [6, 6.07) is 8.79. The minimum Gasteiger partial charge on any atom is -0.313 e. The van der Waals surface area contributed by atoms with Crippen LogP contribution in [-0.4, -0.2) is 12.1 Å². The lowest BCUT2D eigenvalue weighted by Crippen LogP contribution is -2.35. The fourth-order valence-corrected chi connectivity index (χ4v) is 1.41. The number of rotatable bonds is 5. The Kier molecular flexibility index (Phi) is 4.97. The van der Waals surface area contributed by atoms with Gasteiger partial charge in [-0.15, -0.1) is 0 Å². The maximum Gasteiger partial charge on any atom is 0.0210 e. The molecule has 2 heteroatoms. The highest BCUT2D eigenvalue weighted by atomic mass is 14.9. The van der Waals surface area contributed by atoms with E-state index in [2.05, 4.69) is 62.6 Å². The highest BCUT2D eigenvalue weighted by Gasteiger charge is 2.07. The monoisotopic (exact) mass is 220 g/mol. The SMILES string of the molecule is CCNCc1ccc(CNC(C)(C)C)cc1. The molecule has 0 fully saturated rings. The summed E-state index contributed by atoms with van der Waals surface area (Å²) in [7, 11) is 0. The van der Waals surface area contributed by atoms with E-state index in [4.69, 9.17) is 0 Å². The van der Waals surface area contributed by atoms with Gasteiger partial charge in [0.15, 0.2) is 0 Å². The molecular formula is C14H24N2. The zero-order valence-electron chi connectivity index (χ0n) is 10.9. The van der Waals surface area contributed by atoms with Crippen LogP contribution in [0.5, 0.6) is 0 Å². The van der Waals surface area contributed by atoms with E-state index >= 15 is 0 Å². The van der Waals surface area contributed by atoms with Crippen LogP contribution in [0.4, 0.5) is 0 Å². The molecule has 2 nitrogen and oxygen atoms in total. The smallest absolute Gasteiger partial charge is 0.0210 e. The van der Waals surface area contributed by atoms with Crippen LogP contribution in [0.1, 0.15) is 38.8 Å². The second-order valence-corrected chi connectivity index (χ2v) is 5.20. The summed E-state index contributed by atoms with van der Waals surface area (Å²) < 4.78 is 0.